The monoisotopic (exact) mass is 362 g/mol. The van der Waals surface area contributed by atoms with Crippen molar-refractivity contribution in [2.75, 3.05) is 26.3 Å². The third-order valence-corrected chi connectivity index (χ3v) is 4.58. The summed E-state index contributed by atoms with van der Waals surface area (Å²) in [4.78, 5) is 11.4. The molecule has 0 unspecified atom stereocenters. The number of hydrogen-bond donors (Lipinski definition) is 0. The van der Waals surface area contributed by atoms with Gasteiger partial charge in [0.2, 0.25) is 11.7 Å². The van der Waals surface area contributed by atoms with E-state index in [0.29, 0.717) is 18.3 Å². The fraction of sp³-hybridized carbons (Fsp3) is 0.263. The molecule has 3 aromatic heterocycles. The van der Waals surface area contributed by atoms with E-state index in [9.17, 15) is 0 Å². The van der Waals surface area contributed by atoms with Crippen molar-refractivity contribution in [3.8, 4) is 22.6 Å². The standard InChI is InChI=1S/C19H18N6O2/c1-3-14(16-12-25-17(21-16)5-2-6-20-25)11-15(4-1)19-22-18(27-23-19)13-24-7-9-26-10-8-24/h1-6,11-12H,7-10,13H2. The maximum Gasteiger partial charge on any atom is 0.241 e. The molecule has 1 fully saturated rings. The molecule has 27 heavy (non-hydrogen) atoms. The molecule has 0 amide bonds. The van der Waals surface area contributed by atoms with Crippen molar-refractivity contribution in [2.45, 2.75) is 6.54 Å². The predicted molar refractivity (Wildman–Crippen MR) is 97.8 cm³/mol. The average molecular weight is 362 g/mol. The third-order valence-electron chi connectivity index (χ3n) is 4.58. The van der Waals surface area contributed by atoms with Gasteiger partial charge in [-0.05, 0) is 18.2 Å². The Hall–Kier alpha value is -3.10. The Labute approximate surface area is 155 Å². The molecule has 1 saturated heterocycles. The van der Waals surface area contributed by atoms with Crippen LogP contribution in [0, 0.1) is 0 Å². The molecule has 4 heterocycles. The summed E-state index contributed by atoms with van der Waals surface area (Å²) in [5.74, 6) is 1.20. The summed E-state index contributed by atoms with van der Waals surface area (Å²) in [6.07, 6.45) is 3.65. The fourth-order valence-electron chi connectivity index (χ4n) is 3.17. The highest BCUT2D eigenvalue weighted by molar-refractivity contribution is 5.69. The van der Waals surface area contributed by atoms with E-state index in [1.54, 1.807) is 10.7 Å². The van der Waals surface area contributed by atoms with Crippen LogP contribution in [0.2, 0.25) is 0 Å². The first kappa shape index (κ1) is 16.1. The zero-order valence-corrected chi connectivity index (χ0v) is 14.7. The molecule has 0 radical (unpaired) electrons. The third kappa shape index (κ3) is 3.32. The van der Waals surface area contributed by atoms with Gasteiger partial charge in [-0.25, -0.2) is 9.50 Å². The van der Waals surface area contributed by atoms with Gasteiger partial charge in [0, 0.05) is 30.4 Å². The normalized spacial score (nSPS) is 15.4. The maximum atomic E-state index is 5.44. The van der Waals surface area contributed by atoms with Gasteiger partial charge in [-0.15, -0.1) is 0 Å². The van der Waals surface area contributed by atoms with Crippen molar-refractivity contribution in [3.63, 3.8) is 0 Å². The van der Waals surface area contributed by atoms with Gasteiger partial charge in [0.1, 0.15) is 0 Å². The van der Waals surface area contributed by atoms with E-state index in [4.69, 9.17) is 9.26 Å². The van der Waals surface area contributed by atoms with Crippen LogP contribution in [0.15, 0.2) is 53.3 Å². The molecule has 0 bridgehead atoms. The van der Waals surface area contributed by atoms with Crippen LogP contribution in [0.4, 0.5) is 0 Å². The van der Waals surface area contributed by atoms with Crippen molar-refractivity contribution in [1.82, 2.24) is 29.6 Å². The van der Waals surface area contributed by atoms with Gasteiger partial charge in [0.15, 0.2) is 5.65 Å². The number of fused-ring (bicyclic) bond motifs is 1. The van der Waals surface area contributed by atoms with E-state index < -0.39 is 0 Å². The minimum Gasteiger partial charge on any atom is -0.379 e. The van der Waals surface area contributed by atoms with Crippen molar-refractivity contribution in [2.24, 2.45) is 0 Å². The Kier molecular flexibility index (Phi) is 4.11. The lowest BCUT2D eigenvalue weighted by Crippen LogP contribution is -2.35. The van der Waals surface area contributed by atoms with Crippen molar-refractivity contribution in [3.05, 3.63) is 54.7 Å². The maximum absolute atomic E-state index is 5.44. The zero-order valence-electron chi connectivity index (χ0n) is 14.7. The average Bonchev–Trinajstić information content (AvgIpc) is 3.36. The van der Waals surface area contributed by atoms with E-state index >= 15 is 0 Å². The van der Waals surface area contributed by atoms with E-state index in [2.05, 4.69) is 25.1 Å². The fourth-order valence-corrected chi connectivity index (χ4v) is 3.17. The van der Waals surface area contributed by atoms with Gasteiger partial charge in [-0.2, -0.15) is 10.1 Å². The molecular formula is C19H18N6O2. The summed E-state index contributed by atoms with van der Waals surface area (Å²) in [7, 11) is 0. The summed E-state index contributed by atoms with van der Waals surface area (Å²) < 4.78 is 12.6. The van der Waals surface area contributed by atoms with Crippen LogP contribution in [0.3, 0.4) is 0 Å². The van der Waals surface area contributed by atoms with Crippen LogP contribution in [-0.4, -0.2) is 55.9 Å². The number of rotatable bonds is 4. The van der Waals surface area contributed by atoms with Crippen molar-refractivity contribution >= 4 is 5.65 Å². The second kappa shape index (κ2) is 6.90. The number of ether oxygens (including phenoxy) is 1. The van der Waals surface area contributed by atoms with Gasteiger partial charge in [0.05, 0.1) is 31.6 Å². The Morgan fingerprint density at radius 2 is 1.89 bits per heavy atom. The lowest BCUT2D eigenvalue weighted by Gasteiger charge is -2.24. The molecule has 8 heteroatoms. The summed E-state index contributed by atoms with van der Waals surface area (Å²) in [6.45, 7) is 3.91. The van der Waals surface area contributed by atoms with Gasteiger partial charge >= 0.3 is 0 Å². The molecule has 0 N–H and O–H groups in total. The summed E-state index contributed by atoms with van der Waals surface area (Å²) in [5.41, 5.74) is 3.55. The second-order valence-electron chi connectivity index (χ2n) is 6.43. The number of morpholine rings is 1. The second-order valence-corrected chi connectivity index (χ2v) is 6.43. The number of hydrogen-bond acceptors (Lipinski definition) is 7. The molecule has 0 spiro atoms. The summed E-state index contributed by atoms with van der Waals surface area (Å²) in [5, 5.41) is 8.42. The summed E-state index contributed by atoms with van der Waals surface area (Å²) in [6, 6.07) is 11.8. The first-order valence-corrected chi connectivity index (χ1v) is 8.89. The van der Waals surface area contributed by atoms with E-state index in [1.807, 2.05) is 42.6 Å². The highest BCUT2D eigenvalue weighted by Gasteiger charge is 2.16. The Balaban J connectivity index is 1.40. The topological polar surface area (TPSA) is 81.6 Å². The molecular weight excluding hydrogens is 344 g/mol. The van der Waals surface area contributed by atoms with Gasteiger partial charge in [0.25, 0.3) is 0 Å². The summed E-state index contributed by atoms with van der Waals surface area (Å²) >= 11 is 0. The lowest BCUT2D eigenvalue weighted by molar-refractivity contribution is 0.0297. The molecule has 1 aromatic carbocycles. The molecule has 1 aliphatic rings. The Morgan fingerprint density at radius 1 is 1.00 bits per heavy atom. The predicted octanol–water partition coefficient (Wildman–Crippen LogP) is 2.28. The van der Waals surface area contributed by atoms with Gasteiger partial charge < -0.3 is 9.26 Å². The van der Waals surface area contributed by atoms with Crippen LogP contribution in [0.5, 0.6) is 0 Å². The molecule has 0 atom stereocenters. The zero-order chi connectivity index (χ0) is 18.1. The lowest BCUT2D eigenvalue weighted by atomic mass is 10.1. The molecule has 5 rings (SSSR count). The number of benzene rings is 1. The Morgan fingerprint density at radius 3 is 2.78 bits per heavy atom. The van der Waals surface area contributed by atoms with Crippen molar-refractivity contribution < 1.29 is 9.26 Å². The van der Waals surface area contributed by atoms with E-state index in [0.717, 1.165) is 48.8 Å². The van der Waals surface area contributed by atoms with Crippen LogP contribution >= 0.6 is 0 Å². The smallest absolute Gasteiger partial charge is 0.241 e. The largest absolute Gasteiger partial charge is 0.379 e. The quantitative estimate of drug-likeness (QED) is 0.551. The molecule has 4 aromatic rings. The molecule has 0 saturated carbocycles. The molecule has 1 aliphatic heterocycles. The molecule has 8 nitrogen and oxygen atoms in total. The van der Waals surface area contributed by atoms with Crippen LogP contribution in [0.1, 0.15) is 5.89 Å². The van der Waals surface area contributed by atoms with Crippen LogP contribution < -0.4 is 0 Å². The SMILES string of the molecule is c1cc(-c2cn3ncccc3n2)cc(-c2noc(CN3CCOCC3)n2)c1. The van der Waals surface area contributed by atoms with Gasteiger partial charge in [-0.3, -0.25) is 4.90 Å². The number of imidazole rings is 1. The minimum absolute atomic E-state index is 0.585. The number of aromatic nitrogens is 5. The van der Waals surface area contributed by atoms with E-state index in [-0.39, 0.29) is 0 Å². The van der Waals surface area contributed by atoms with Crippen LogP contribution in [0.25, 0.3) is 28.3 Å². The van der Waals surface area contributed by atoms with E-state index in [1.165, 1.54) is 0 Å². The molecule has 0 aliphatic carbocycles. The van der Waals surface area contributed by atoms with Crippen molar-refractivity contribution in [1.29, 1.82) is 0 Å². The minimum atomic E-state index is 0.585. The van der Waals surface area contributed by atoms with Gasteiger partial charge in [-0.1, -0.05) is 23.4 Å². The number of nitrogens with zero attached hydrogens (tertiary/aromatic N) is 6. The highest BCUT2D eigenvalue weighted by Crippen LogP contribution is 2.24. The Bertz CT molecular complexity index is 1030. The molecule has 136 valence electrons. The first-order valence-electron chi connectivity index (χ1n) is 8.89. The highest BCUT2D eigenvalue weighted by atomic mass is 16.5. The first-order chi connectivity index (χ1) is 13.3. The van der Waals surface area contributed by atoms with Crippen LogP contribution in [-0.2, 0) is 11.3 Å².